The maximum Gasteiger partial charge on any atom is 0.222 e. The summed E-state index contributed by atoms with van der Waals surface area (Å²) in [5.74, 6) is -0.159. The Balaban J connectivity index is 1.92. The van der Waals surface area contributed by atoms with Crippen LogP contribution in [0.4, 0.5) is 10.1 Å². The smallest absolute Gasteiger partial charge is 0.222 e. The SMILES string of the molecule is COc1ccc(N(C)CC(O)CN2CCCC2=O)cc1F. The molecule has 0 aromatic heterocycles. The molecule has 0 bridgehead atoms. The zero-order chi connectivity index (χ0) is 15.4. The summed E-state index contributed by atoms with van der Waals surface area (Å²) in [4.78, 5) is 14.9. The Kier molecular flexibility index (Phi) is 5.01. The average molecular weight is 296 g/mol. The van der Waals surface area contributed by atoms with Gasteiger partial charge in [0.25, 0.3) is 0 Å². The van der Waals surface area contributed by atoms with E-state index >= 15 is 0 Å². The van der Waals surface area contributed by atoms with Gasteiger partial charge in [-0.25, -0.2) is 4.39 Å². The van der Waals surface area contributed by atoms with Crippen LogP contribution in [0, 0.1) is 5.82 Å². The molecule has 5 nitrogen and oxygen atoms in total. The fraction of sp³-hybridized carbons (Fsp3) is 0.533. The van der Waals surface area contributed by atoms with Gasteiger partial charge in [0, 0.05) is 44.9 Å². The summed E-state index contributed by atoms with van der Waals surface area (Å²) >= 11 is 0. The van der Waals surface area contributed by atoms with Crippen molar-refractivity contribution in [2.75, 3.05) is 38.7 Å². The van der Waals surface area contributed by atoms with Gasteiger partial charge in [-0.05, 0) is 18.6 Å². The fourth-order valence-corrected chi connectivity index (χ4v) is 2.52. The van der Waals surface area contributed by atoms with Crippen molar-refractivity contribution in [3.8, 4) is 5.75 Å². The van der Waals surface area contributed by atoms with E-state index in [4.69, 9.17) is 4.74 Å². The maximum absolute atomic E-state index is 13.7. The Morgan fingerprint density at radius 3 is 2.86 bits per heavy atom. The van der Waals surface area contributed by atoms with Gasteiger partial charge in [0.05, 0.1) is 13.2 Å². The number of likely N-dealkylation sites (N-methyl/N-ethyl adjacent to an activating group) is 1. The van der Waals surface area contributed by atoms with Crippen LogP contribution in [-0.4, -0.2) is 55.8 Å². The van der Waals surface area contributed by atoms with Crippen LogP contribution in [0.15, 0.2) is 18.2 Å². The molecule has 2 rings (SSSR count). The quantitative estimate of drug-likeness (QED) is 0.858. The van der Waals surface area contributed by atoms with Gasteiger partial charge >= 0.3 is 0 Å². The molecule has 1 saturated heterocycles. The molecule has 0 saturated carbocycles. The number of likely N-dealkylation sites (tertiary alicyclic amines) is 1. The zero-order valence-corrected chi connectivity index (χ0v) is 12.4. The third kappa shape index (κ3) is 3.85. The minimum atomic E-state index is -0.665. The molecular formula is C15H21FN2O3. The molecule has 0 radical (unpaired) electrons. The van der Waals surface area contributed by atoms with Gasteiger partial charge in [-0.15, -0.1) is 0 Å². The number of β-amino-alcohol motifs (C(OH)–C–C–N with tert-alkyl or cyclic N) is 1. The first-order chi connectivity index (χ1) is 10.0. The molecule has 1 N–H and O–H groups in total. The maximum atomic E-state index is 13.7. The van der Waals surface area contributed by atoms with E-state index in [0.717, 1.165) is 6.42 Å². The number of anilines is 1. The van der Waals surface area contributed by atoms with E-state index in [1.807, 2.05) is 0 Å². The molecule has 6 heteroatoms. The Morgan fingerprint density at radius 1 is 1.52 bits per heavy atom. The molecule has 21 heavy (non-hydrogen) atoms. The zero-order valence-electron chi connectivity index (χ0n) is 12.4. The van der Waals surface area contributed by atoms with Gasteiger partial charge in [0.2, 0.25) is 5.91 Å². The standard InChI is InChI=1S/C15H21FN2O3/c1-17(11-5-6-14(21-2)13(16)8-11)9-12(19)10-18-7-3-4-15(18)20/h5-6,8,12,19H,3-4,7,9-10H2,1-2H3. The second kappa shape index (κ2) is 6.76. The van der Waals surface area contributed by atoms with E-state index < -0.39 is 11.9 Å². The predicted molar refractivity (Wildman–Crippen MR) is 78.0 cm³/mol. The highest BCUT2D eigenvalue weighted by atomic mass is 19.1. The molecule has 1 aromatic rings. The predicted octanol–water partition coefficient (Wildman–Crippen LogP) is 1.25. The van der Waals surface area contributed by atoms with Crippen LogP contribution in [-0.2, 0) is 4.79 Å². The summed E-state index contributed by atoms with van der Waals surface area (Å²) in [6.07, 6.45) is 0.749. The first-order valence-electron chi connectivity index (χ1n) is 7.01. The average Bonchev–Trinajstić information content (AvgIpc) is 2.84. The highest BCUT2D eigenvalue weighted by Crippen LogP contribution is 2.23. The van der Waals surface area contributed by atoms with E-state index in [1.165, 1.54) is 13.2 Å². The monoisotopic (exact) mass is 296 g/mol. The van der Waals surface area contributed by atoms with E-state index in [2.05, 4.69) is 0 Å². The summed E-state index contributed by atoms with van der Waals surface area (Å²) in [5, 5.41) is 10.1. The second-order valence-corrected chi connectivity index (χ2v) is 5.30. The Labute approximate surface area is 123 Å². The van der Waals surface area contributed by atoms with Crippen molar-refractivity contribution in [1.29, 1.82) is 0 Å². The van der Waals surface area contributed by atoms with Gasteiger partial charge < -0.3 is 19.6 Å². The lowest BCUT2D eigenvalue weighted by atomic mass is 10.2. The van der Waals surface area contributed by atoms with Crippen molar-refractivity contribution in [1.82, 2.24) is 4.90 Å². The molecule has 1 aliphatic rings. The second-order valence-electron chi connectivity index (χ2n) is 5.30. The van der Waals surface area contributed by atoms with Gasteiger partial charge in [0.15, 0.2) is 11.6 Å². The number of aliphatic hydroxyl groups excluding tert-OH is 1. The highest BCUT2D eigenvalue weighted by Gasteiger charge is 2.23. The van der Waals surface area contributed by atoms with Gasteiger partial charge in [-0.2, -0.15) is 0 Å². The summed E-state index contributed by atoms with van der Waals surface area (Å²) in [6, 6.07) is 4.65. The van der Waals surface area contributed by atoms with Crippen LogP contribution in [0.1, 0.15) is 12.8 Å². The molecule has 0 spiro atoms. The number of benzene rings is 1. The van der Waals surface area contributed by atoms with Crippen LogP contribution in [0.2, 0.25) is 0 Å². The Hall–Kier alpha value is -1.82. The van der Waals surface area contributed by atoms with Crippen LogP contribution in [0.5, 0.6) is 5.75 Å². The number of ether oxygens (including phenoxy) is 1. The van der Waals surface area contributed by atoms with E-state index in [0.29, 0.717) is 31.7 Å². The molecule has 1 fully saturated rings. The van der Waals surface area contributed by atoms with Crippen LogP contribution in [0.25, 0.3) is 0 Å². The van der Waals surface area contributed by atoms with Gasteiger partial charge in [-0.3, -0.25) is 4.79 Å². The van der Waals surface area contributed by atoms with Crippen molar-refractivity contribution < 1.29 is 19.0 Å². The third-order valence-electron chi connectivity index (χ3n) is 3.66. The number of hydrogen-bond acceptors (Lipinski definition) is 4. The van der Waals surface area contributed by atoms with Gasteiger partial charge in [-0.1, -0.05) is 0 Å². The lowest BCUT2D eigenvalue weighted by molar-refractivity contribution is -0.128. The number of hydrogen-bond donors (Lipinski definition) is 1. The summed E-state index contributed by atoms with van der Waals surface area (Å²) in [7, 11) is 3.19. The van der Waals surface area contributed by atoms with Crippen molar-refractivity contribution in [3.05, 3.63) is 24.0 Å². The molecule has 1 aliphatic heterocycles. The number of aliphatic hydroxyl groups is 1. The number of methoxy groups -OCH3 is 1. The first-order valence-corrected chi connectivity index (χ1v) is 7.01. The molecule has 1 heterocycles. The summed E-state index contributed by atoms with van der Waals surface area (Å²) < 4.78 is 18.5. The first kappa shape index (κ1) is 15.6. The molecule has 1 aromatic carbocycles. The largest absolute Gasteiger partial charge is 0.494 e. The van der Waals surface area contributed by atoms with Crippen molar-refractivity contribution >= 4 is 11.6 Å². The minimum Gasteiger partial charge on any atom is -0.494 e. The van der Waals surface area contributed by atoms with Crippen LogP contribution in [0.3, 0.4) is 0 Å². The minimum absolute atomic E-state index is 0.0900. The molecule has 1 amide bonds. The summed E-state index contributed by atoms with van der Waals surface area (Å²) in [6.45, 7) is 1.36. The lowest BCUT2D eigenvalue weighted by Crippen LogP contribution is -2.39. The Bertz CT molecular complexity index is 510. The lowest BCUT2D eigenvalue weighted by Gasteiger charge is -2.26. The van der Waals surface area contributed by atoms with E-state index in [-0.39, 0.29) is 11.7 Å². The molecule has 116 valence electrons. The summed E-state index contributed by atoms with van der Waals surface area (Å²) in [5.41, 5.74) is 0.653. The van der Waals surface area contributed by atoms with E-state index in [1.54, 1.807) is 29.0 Å². The number of nitrogens with zero attached hydrogens (tertiary/aromatic N) is 2. The van der Waals surface area contributed by atoms with Crippen molar-refractivity contribution in [2.24, 2.45) is 0 Å². The molecule has 1 atom stereocenters. The fourth-order valence-electron chi connectivity index (χ4n) is 2.52. The van der Waals surface area contributed by atoms with Gasteiger partial charge in [0.1, 0.15) is 0 Å². The molecular weight excluding hydrogens is 275 g/mol. The highest BCUT2D eigenvalue weighted by molar-refractivity contribution is 5.78. The Morgan fingerprint density at radius 2 is 2.29 bits per heavy atom. The van der Waals surface area contributed by atoms with Crippen molar-refractivity contribution in [2.45, 2.75) is 18.9 Å². The topological polar surface area (TPSA) is 53.0 Å². The number of carbonyl (C=O) groups is 1. The number of carbonyl (C=O) groups excluding carboxylic acids is 1. The van der Waals surface area contributed by atoms with Crippen LogP contribution < -0.4 is 9.64 Å². The number of amides is 1. The van der Waals surface area contributed by atoms with E-state index in [9.17, 15) is 14.3 Å². The van der Waals surface area contributed by atoms with Crippen LogP contribution >= 0.6 is 0 Å². The molecule has 0 aliphatic carbocycles. The number of rotatable bonds is 6. The normalized spacial score (nSPS) is 16.2. The third-order valence-corrected chi connectivity index (χ3v) is 3.66. The number of halogens is 1. The molecule has 1 unspecified atom stereocenters. The van der Waals surface area contributed by atoms with Crippen molar-refractivity contribution in [3.63, 3.8) is 0 Å².